The van der Waals surface area contributed by atoms with E-state index in [2.05, 4.69) is 4.98 Å². The number of carbonyl (C=O) groups excluding carboxylic acids is 1. The fourth-order valence-electron chi connectivity index (χ4n) is 1.67. The minimum absolute atomic E-state index is 0.149. The highest BCUT2D eigenvalue weighted by atomic mass is 16.4. The molecule has 98 valence electrons. The number of ketones is 1. The quantitative estimate of drug-likeness (QED) is 0.852. The fraction of sp³-hybridized carbons (Fsp3) is 0.154. The highest BCUT2D eigenvalue weighted by molar-refractivity contribution is 6.08. The molecule has 0 aliphatic carbocycles. The van der Waals surface area contributed by atoms with Crippen LogP contribution in [0.1, 0.15) is 16.1 Å². The third kappa shape index (κ3) is 2.47. The summed E-state index contributed by atoms with van der Waals surface area (Å²) >= 11 is 0. The Hall–Kier alpha value is -2.63. The lowest BCUT2D eigenvalue weighted by Crippen LogP contribution is -2.23. The fourth-order valence-corrected chi connectivity index (χ4v) is 1.67. The molecule has 0 aliphatic heterocycles. The van der Waals surface area contributed by atoms with Crippen LogP contribution in [-0.2, 0) is 7.05 Å². The Labute approximate surface area is 109 Å². The average molecular weight is 259 g/mol. The summed E-state index contributed by atoms with van der Waals surface area (Å²) in [6.45, 7) is 0. The van der Waals surface area contributed by atoms with Crippen LogP contribution in [0, 0.1) is 0 Å². The number of amides is 1. The Bertz CT molecular complexity index is 616. The first-order valence-corrected chi connectivity index (χ1v) is 5.58. The molecule has 6 nitrogen and oxygen atoms in total. The number of hydrogen-bond donors (Lipinski definition) is 1. The van der Waals surface area contributed by atoms with E-state index in [1.807, 2.05) is 0 Å². The zero-order valence-corrected chi connectivity index (χ0v) is 10.6. The van der Waals surface area contributed by atoms with Gasteiger partial charge in [0.15, 0.2) is 0 Å². The van der Waals surface area contributed by atoms with E-state index in [1.165, 1.54) is 13.2 Å². The van der Waals surface area contributed by atoms with Crippen LogP contribution in [0.3, 0.4) is 0 Å². The zero-order valence-electron chi connectivity index (χ0n) is 10.6. The summed E-state index contributed by atoms with van der Waals surface area (Å²) in [6.07, 6.45) is 2.00. The van der Waals surface area contributed by atoms with Crippen LogP contribution in [-0.4, -0.2) is 33.6 Å². The smallest absolute Gasteiger partial charge is 0.411 e. The maximum absolute atomic E-state index is 12.2. The van der Waals surface area contributed by atoms with Gasteiger partial charge in [0.2, 0.25) is 5.78 Å². The van der Waals surface area contributed by atoms with Gasteiger partial charge in [-0.1, -0.05) is 0 Å². The largest absolute Gasteiger partial charge is 0.465 e. The van der Waals surface area contributed by atoms with E-state index in [1.54, 1.807) is 42.2 Å². The highest BCUT2D eigenvalue weighted by Gasteiger charge is 2.14. The van der Waals surface area contributed by atoms with E-state index in [-0.39, 0.29) is 5.78 Å². The number of benzene rings is 1. The van der Waals surface area contributed by atoms with Crippen molar-refractivity contribution in [3.8, 4) is 0 Å². The summed E-state index contributed by atoms with van der Waals surface area (Å²) in [4.78, 5) is 27.9. The highest BCUT2D eigenvalue weighted by Crippen LogP contribution is 2.16. The van der Waals surface area contributed by atoms with Gasteiger partial charge >= 0.3 is 6.09 Å². The van der Waals surface area contributed by atoms with E-state index in [0.717, 1.165) is 4.90 Å². The normalized spacial score (nSPS) is 10.2. The molecule has 0 saturated heterocycles. The molecule has 1 N–H and O–H groups in total. The lowest BCUT2D eigenvalue weighted by molar-refractivity contribution is 0.103. The predicted octanol–water partition coefficient (Wildman–Crippen LogP) is 1.77. The van der Waals surface area contributed by atoms with Gasteiger partial charge in [-0.15, -0.1) is 0 Å². The van der Waals surface area contributed by atoms with Gasteiger partial charge in [-0.05, 0) is 24.3 Å². The molecular weight excluding hydrogens is 246 g/mol. The Kier molecular flexibility index (Phi) is 3.33. The van der Waals surface area contributed by atoms with Crippen molar-refractivity contribution in [3.05, 3.63) is 48.0 Å². The minimum Gasteiger partial charge on any atom is -0.465 e. The molecule has 1 amide bonds. The van der Waals surface area contributed by atoms with Crippen molar-refractivity contribution in [3.63, 3.8) is 0 Å². The number of anilines is 1. The molecule has 19 heavy (non-hydrogen) atoms. The first-order chi connectivity index (χ1) is 9.00. The van der Waals surface area contributed by atoms with E-state index in [9.17, 15) is 9.59 Å². The summed E-state index contributed by atoms with van der Waals surface area (Å²) in [5.41, 5.74) is 1.49. The number of imidazole rings is 1. The molecule has 1 aromatic carbocycles. The number of rotatable bonds is 3. The van der Waals surface area contributed by atoms with E-state index in [4.69, 9.17) is 5.11 Å². The summed E-state index contributed by atoms with van der Waals surface area (Å²) < 4.78 is 1.64. The van der Waals surface area contributed by atoms with Gasteiger partial charge in [0.25, 0.3) is 0 Å². The second-order valence-electron chi connectivity index (χ2n) is 4.11. The van der Waals surface area contributed by atoms with Crippen LogP contribution in [0.5, 0.6) is 0 Å². The third-order valence-electron chi connectivity index (χ3n) is 2.85. The van der Waals surface area contributed by atoms with E-state index in [0.29, 0.717) is 16.9 Å². The molecule has 0 saturated carbocycles. The van der Waals surface area contributed by atoms with Gasteiger partial charge < -0.3 is 9.67 Å². The van der Waals surface area contributed by atoms with Crippen molar-refractivity contribution in [1.82, 2.24) is 9.55 Å². The lowest BCUT2D eigenvalue weighted by atomic mass is 10.1. The number of aromatic nitrogens is 2. The van der Waals surface area contributed by atoms with Crippen LogP contribution >= 0.6 is 0 Å². The van der Waals surface area contributed by atoms with Crippen LogP contribution in [0.15, 0.2) is 36.8 Å². The Morgan fingerprint density at radius 2 is 1.89 bits per heavy atom. The van der Waals surface area contributed by atoms with Gasteiger partial charge in [-0.3, -0.25) is 9.69 Å². The van der Waals surface area contributed by atoms with Crippen LogP contribution in [0.25, 0.3) is 0 Å². The van der Waals surface area contributed by atoms with E-state index < -0.39 is 6.09 Å². The molecule has 6 heteroatoms. The SMILES string of the molecule is CN(C(=O)O)c1ccc(C(=O)c2cncn2C)cc1. The van der Waals surface area contributed by atoms with Gasteiger partial charge in [-0.25, -0.2) is 9.78 Å². The standard InChI is InChI=1S/C13H13N3O3/c1-15-8-14-7-11(15)12(17)9-3-5-10(6-4-9)16(2)13(18)19/h3-8H,1-2H3,(H,18,19). The van der Waals surface area contributed by atoms with Crippen LogP contribution in [0.4, 0.5) is 10.5 Å². The van der Waals surface area contributed by atoms with Gasteiger partial charge in [0, 0.05) is 25.3 Å². The van der Waals surface area contributed by atoms with E-state index >= 15 is 0 Å². The minimum atomic E-state index is -1.05. The van der Waals surface area contributed by atoms with Crippen LogP contribution in [0.2, 0.25) is 0 Å². The molecule has 0 atom stereocenters. The van der Waals surface area contributed by atoms with Crippen molar-refractivity contribution < 1.29 is 14.7 Å². The molecule has 0 radical (unpaired) electrons. The topological polar surface area (TPSA) is 75.4 Å². The second kappa shape index (κ2) is 4.93. The zero-order chi connectivity index (χ0) is 14.0. The van der Waals surface area contributed by atoms with Gasteiger partial charge in [0.1, 0.15) is 5.69 Å². The average Bonchev–Trinajstić information content (AvgIpc) is 2.83. The molecule has 0 bridgehead atoms. The first-order valence-electron chi connectivity index (χ1n) is 5.58. The number of carbonyl (C=O) groups is 2. The molecule has 0 unspecified atom stereocenters. The molecule has 2 rings (SSSR count). The Morgan fingerprint density at radius 1 is 1.26 bits per heavy atom. The molecule has 1 aromatic heterocycles. The molecule has 0 spiro atoms. The Balaban J connectivity index is 2.26. The number of aryl methyl sites for hydroxylation is 1. The summed E-state index contributed by atoms with van der Waals surface area (Å²) in [6, 6.07) is 6.39. The first kappa shape index (κ1) is 12.8. The van der Waals surface area contributed by atoms with Crippen molar-refractivity contribution in [2.75, 3.05) is 11.9 Å². The van der Waals surface area contributed by atoms with Crippen LogP contribution < -0.4 is 4.90 Å². The maximum atomic E-state index is 12.2. The molecule has 0 aliphatic rings. The number of nitrogens with zero attached hydrogens (tertiary/aromatic N) is 3. The summed E-state index contributed by atoms with van der Waals surface area (Å²) in [5.74, 6) is -0.149. The number of carboxylic acid groups (broad SMARTS) is 1. The molecule has 2 aromatic rings. The van der Waals surface area contributed by atoms with Crippen molar-refractivity contribution >= 4 is 17.6 Å². The molecule has 0 fully saturated rings. The molecule has 1 heterocycles. The monoisotopic (exact) mass is 259 g/mol. The predicted molar refractivity (Wildman–Crippen MR) is 69.5 cm³/mol. The van der Waals surface area contributed by atoms with Crippen molar-refractivity contribution in [1.29, 1.82) is 0 Å². The second-order valence-corrected chi connectivity index (χ2v) is 4.11. The van der Waals surface area contributed by atoms with Crippen molar-refractivity contribution in [2.24, 2.45) is 7.05 Å². The molecular formula is C13H13N3O3. The number of hydrogen-bond acceptors (Lipinski definition) is 3. The lowest BCUT2D eigenvalue weighted by Gasteiger charge is -2.13. The summed E-state index contributed by atoms with van der Waals surface area (Å²) in [7, 11) is 3.19. The third-order valence-corrected chi connectivity index (χ3v) is 2.85. The summed E-state index contributed by atoms with van der Waals surface area (Å²) in [5, 5.41) is 8.85. The Morgan fingerprint density at radius 3 is 2.37 bits per heavy atom. The maximum Gasteiger partial charge on any atom is 0.411 e. The van der Waals surface area contributed by atoms with Gasteiger partial charge in [-0.2, -0.15) is 0 Å². The van der Waals surface area contributed by atoms with Crippen molar-refractivity contribution in [2.45, 2.75) is 0 Å². The van der Waals surface area contributed by atoms with Gasteiger partial charge in [0.05, 0.1) is 12.5 Å².